The van der Waals surface area contributed by atoms with Crippen molar-refractivity contribution in [3.8, 4) is 0 Å². The minimum Gasteiger partial charge on any atom is -0.352 e. The quantitative estimate of drug-likeness (QED) is 0.875. The Morgan fingerprint density at radius 2 is 2.11 bits per heavy atom. The lowest BCUT2D eigenvalue weighted by Gasteiger charge is -2.11. The zero-order valence-electron chi connectivity index (χ0n) is 11.6. The number of carbonyl (C=O) groups excluding carboxylic acids is 1. The first-order valence-corrected chi connectivity index (χ1v) is 6.82. The molecule has 1 aliphatic heterocycles. The van der Waals surface area contributed by atoms with E-state index in [0.29, 0.717) is 30.1 Å². The van der Waals surface area contributed by atoms with E-state index in [4.69, 9.17) is 0 Å². The fraction of sp³-hybridized carbons (Fsp3) is 0.533. The van der Waals surface area contributed by atoms with Crippen molar-refractivity contribution in [1.29, 1.82) is 0 Å². The second-order valence-corrected chi connectivity index (χ2v) is 5.32. The van der Waals surface area contributed by atoms with Crippen LogP contribution in [0, 0.1) is 19.7 Å². The average Bonchev–Trinajstić information content (AvgIpc) is 2.86. The topological polar surface area (TPSA) is 41.1 Å². The lowest BCUT2D eigenvalue weighted by molar-refractivity contribution is -0.121. The summed E-state index contributed by atoms with van der Waals surface area (Å²) in [5, 5.41) is 6.20. The van der Waals surface area contributed by atoms with Crippen LogP contribution < -0.4 is 10.6 Å². The molecule has 104 valence electrons. The Kier molecular flexibility index (Phi) is 4.53. The Bertz CT molecular complexity index is 444. The molecule has 3 nitrogen and oxygen atoms in total. The third-order valence-corrected chi connectivity index (χ3v) is 3.58. The van der Waals surface area contributed by atoms with Crippen molar-refractivity contribution < 1.29 is 9.18 Å². The highest BCUT2D eigenvalue weighted by molar-refractivity contribution is 5.76. The maximum atomic E-state index is 13.5. The van der Waals surface area contributed by atoms with Crippen LogP contribution in [-0.2, 0) is 11.3 Å². The van der Waals surface area contributed by atoms with Crippen LogP contribution in [0.25, 0.3) is 0 Å². The molecule has 2 rings (SSSR count). The van der Waals surface area contributed by atoms with Gasteiger partial charge in [-0.05, 0) is 49.9 Å². The first-order chi connectivity index (χ1) is 9.06. The van der Waals surface area contributed by atoms with Crippen LogP contribution in [0.15, 0.2) is 12.1 Å². The van der Waals surface area contributed by atoms with E-state index >= 15 is 0 Å². The number of benzene rings is 1. The van der Waals surface area contributed by atoms with E-state index in [1.807, 2.05) is 0 Å². The summed E-state index contributed by atoms with van der Waals surface area (Å²) >= 11 is 0. The maximum Gasteiger partial charge on any atom is 0.221 e. The molecule has 1 fully saturated rings. The zero-order chi connectivity index (χ0) is 13.8. The Morgan fingerprint density at radius 1 is 1.42 bits per heavy atom. The largest absolute Gasteiger partial charge is 0.352 e. The van der Waals surface area contributed by atoms with Crippen LogP contribution in [-0.4, -0.2) is 18.5 Å². The van der Waals surface area contributed by atoms with Crippen molar-refractivity contribution in [3.63, 3.8) is 0 Å². The normalized spacial score (nSPS) is 18.6. The number of amides is 1. The van der Waals surface area contributed by atoms with Crippen LogP contribution >= 0.6 is 0 Å². The molecule has 0 aliphatic carbocycles. The SMILES string of the molecule is Cc1cc(CNC(=O)CC2CCCN2)cc(C)c1F. The van der Waals surface area contributed by atoms with Gasteiger partial charge in [0.15, 0.2) is 0 Å². The van der Waals surface area contributed by atoms with Gasteiger partial charge in [-0.2, -0.15) is 0 Å². The molecule has 1 aromatic carbocycles. The minimum absolute atomic E-state index is 0.0547. The van der Waals surface area contributed by atoms with Crippen molar-refractivity contribution >= 4 is 5.91 Å². The standard InChI is InChI=1S/C15H21FN2O/c1-10-6-12(7-11(2)15(10)16)9-18-14(19)8-13-4-3-5-17-13/h6-7,13,17H,3-5,8-9H2,1-2H3,(H,18,19). The second kappa shape index (κ2) is 6.15. The molecule has 2 N–H and O–H groups in total. The minimum atomic E-state index is -0.162. The van der Waals surface area contributed by atoms with Crippen LogP contribution in [0.1, 0.15) is 36.0 Å². The Morgan fingerprint density at radius 3 is 2.68 bits per heavy atom. The third kappa shape index (κ3) is 3.77. The van der Waals surface area contributed by atoms with Crippen molar-refractivity contribution in [2.75, 3.05) is 6.54 Å². The number of carbonyl (C=O) groups is 1. The molecular weight excluding hydrogens is 243 g/mol. The number of hydrogen-bond acceptors (Lipinski definition) is 2. The van der Waals surface area contributed by atoms with Gasteiger partial charge in [0.25, 0.3) is 0 Å². The van der Waals surface area contributed by atoms with E-state index < -0.39 is 0 Å². The smallest absolute Gasteiger partial charge is 0.221 e. The Hall–Kier alpha value is -1.42. The van der Waals surface area contributed by atoms with Gasteiger partial charge in [-0.15, -0.1) is 0 Å². The van der Waals surface area contributed by atoms with Crippen molar-refractivity contribution in [2.24, 2.45) is 0 Å². The number of halogens is 1. The van der Waals surface area contributed by atoms with Crippen LogP contribution in [0.2, 0.25) is 0 Å². The fourth-order valence-electron chi connectivity index (χ4n) is 2.57. The highest BCUT2D eigenvalue weighted by atomic mass is 19.1. The monoisotopic (exact) mass is 264 g/mol. The van der Waals surface area contributed by atoms with Gasteiger partial charge in [-0.1, -0.05) is 12.1 Å². The number of nitrogens with one attached hydrogen (secondary N) is 2. The Balaban J connectivity index is 1.86. The van der Waals surface area contributed by atoms with Gasteiger partial charge < -0.3 is 10.6 Å². The van der Waals surface area contributed by atoms with Crippen molar-refractivity contribution in [3.05, 3.63) is 34.6 Å². The molecular formula is C15H21FN2O. The number of aryl methyl sites for hydroxylation is 2. The lowest BCUT2D eigenvalue weighted by Crippen LogP contribution is -2.31. The summed E-state index contributed by atoms with van der Waals surface area (Å²) in [7, 11) is 0. The molecule has 1 heterocycles. The summed E-state index contributed by atoms with van der Waals surface area (Å²) in [4.78, 5) is 11.8. The summed E-state index contributed by atoms with van der Waals surface area (Å²) < 4.78 is 13.5. The van der Waals surface area contributed by atoms with Crippen molar-refractivity contribution in [1.82, 2.24) is 10.6 Å². The first kappa shape index (κ1) is 14.0. The van der Waals surface area contributed by atoms with Crippen LogP contribution in [0.4, 0.5) is 4.39 Å². The van der Waals surface area contributed by atoms with Crippen LogP contribution in [0.5, 0.6) is 0 Å². The summed E-state index contributed by atoms with van der Waals surface area (Å²) in [6.07, 6.45) is 2.75. The summed E-state index contributed by atoms with van der Waals surface area (Å²) in [6.45, 7) is 4.97. The highest BCUT2D eigenvalue weighted by Gasteiger charge is 2.17. The van der Waals surface area contributed by atoms with Crippen LogP contribution in [0.3, 0.4) is 0 Å². The van der Waals surface area contributed by atoms with Gasteiger partial charge in [0, 0.05) is 19.0 Å². The van der Waals surface area contributed by atoms with E-state index in [0.717, 1.165) is 24.9 Å². The van der Waals surface area contributed by atoms with E-state index in [-0.39, 0.29) is 11.7 Å². The first-order valence-electron chi connectivity index (χ1n) is 6.82. The summed E-state index contributed by atoms with van der Waals surface area (Å²) in [5.41, 5.74) is 2.20. The molecule has 0 spiro atoms. The van der Waals surface area contributed by atoms with Gasteiger partial charge in [-0.25, -0.2) is 4.39 Å². The maximum absolute atomic E-state index is 13.5. The van der Waals surface area contributed by atoms with Gasteiger partial charge >= 0.3 is 0 Å². The predicted octanol–water partition coefficient (Wildman–Crippen LogP) is 2.20. The molecule has 0 saturated carbocycles. The number of rotatable bonds is 4. The molecule has 1 unspecified atom stereocenters. The molecule has 4 heteroatoms. The molecule has 0 radical (unpaired) electrons. The van der Waals surface area contributed by atoms with Gasteiger partial charge in [-0.3, -0.25) is 4.79 Å². The molecule has 1 saturated heterocycles. The highest BCUT2D eigenvalue weighted by Crippen LogP contribution is 2.15. The third-order valence-electron chi connectivity index (χ3n) is 3.58. The summed E-state index contributed by atoms with van der Waals surface area (Å²) in [6, 6.07) is 3.89. The number of hydrogen-bond donors (Lipinski definition) is 2. The zero-order valence-corrected chi connectivity index (χ0v) is 11.6. The Labute approximate surface area is 113 Å². The molecule has 0 aromatic heterocycles. The van der Waals surface area contributed by atoms with E-state index in [1.165, 1.54) is 0 Å². The molecule has 19 heavy (non-hydrogen) atoms. The molecule has 1 atom stereocenters. The molecule has 1 amide bonds. The van der Waals surface area contributed by atoms with Gasteiger partial charge in [0.05, 0.1) is 0 Å². The second-order valence-electron chi connectivity index (χ2n) is 5.32. The van der Waals surface area contributed by atoms with Crippen molar-refractivity contribution in [2.45, 2.75) is 45.7 Å². The van der Waals surface area contributed by atoms with Gasteiger partial charge in [0.2, 0.25) is 5.91 Å². The summed E-state index contributed by atoms with van der Waals surface area (Å²) in [5.74, 6) is -0.107. The molecule has 0 bridgehead atoms. The predicted molar refractivity (Wildman–Crippen MR) is 73.4 cm³/mol. The molecule has 1 aromatic rings. The van der Waals surface area contributed by atoms with E-state index in [2.05, 4.69) is 10.6 Å². The van der Waals surface area contributed by atoms with E-state index in [9.17, 15) is 9.18 Å². The van der Waals surface area contributed by atoms with Gasteiger partial charge in [0.1, 0.15) is 5.82 Å². The average molecular weight is 264 g/mol. The fourth-order valence-corrected chi connectivity index (χ4v) is 2.57. The molecule has 1 aliphatic rings. The lowest BCUT2D eigenvalue weighted by atomic mass is 10.1. The van der Waals surface area contributed by atoms with E-state index in [1.54, 1.807) is 26.0 Å².